The Morgan fingerprint density at radius 1 is 1.35 bits per heavy atom. The summed E-state index contributed by atoms with van der Waals surface area (Å²) in [6.07, 6.45) is 0. The van der Waals surface area contributed by atoms with E-state index in [1.54, 1.807) is 6.07 Å². The summed E-state index contributed by atoms with van der Waals surface area (Å²) in [7, 11) is -2.30. The molecule has 1 aromatic rings. The van der Waals surface area contributed by atoms with Crippen molar-refractivity contribution in [3.8, 4) is 5.75 Å². The Kier molecular flexibility index (Phi) is 5.38. The lowest BCUT2D eigenvalue weighted by molar-refractivity contribution is -0.00515. The molecule has 0 aromatic heterocycles. The first-order valence-electron chi connectivity index (χ1n) is 6.29. The van der Waals surface area contributed by atoms with Gasteiger partial charge in [-0.05, 0) is 39.0 Å². The highest BCUT2D eigenvalue weighted by molar-refractivity contribution is 7.89. The van der Waals surface area contributed by atoms with Gasteiger partial charge in [-0.15, -0.1) is 0 Å². The zero-order chi connectivity index (χ0) is 15.4. The molecule has 0 fully saturated rings. The average Bonchev–Trinajstić information content (AvgIpc) is 2.37. The van der Waals surface area contributed by atoms with Gasteiger partial charge in [-0.3, -0.25) is 0 Å². The number of sulfonamides is 1. The van der Waals surface area contributed by atoms with Crippen LogP contribution in [0.4, 0.5) is 5.69 Å². The Bertz CT molecular complexity index is 555. The number of nitrogens with two attached hydrogens (primary N) is 1. The summed E-state index contributed by atoms with van der Waals surface area (Å²) in [5.41, 5.74) is 5.40. The summed E-state index contributed by atoms with van der Waals surface area (Å²) in [5, 5.41) is 0. The molecule has 1 aromatic carbocycles. The molecule has 20 heavy (non-hydrogen) atoms. The van der Waals surface area contributed by atoms with Crippen LogP contribution in [0.5, 0.6) is 5.75 Å². The second-order valence-corrected chi connectivity index (χ2v) is 6.66. The van der Waals surface area contributed by atoms with E-state index in [2.05, 4.69) is 4.72 Å². The highest BCUT2D eigenvalue weighted by atomic mass is 32.2. The van der Waals surface area contributed by atoms with Crippen molar-refractivity contribution in [3.63, 3.8) is 0 Å². The van der Waals surface area contributed by atoms with Gasteiger partial charge in [0.15, 0.2) is 0 Å². The maximum absolute atomic E-state index is 12.3. The van der Waals surface area contributed by atoms with E-state index in [9.17, 15) is 8.42 Å². The number of hydrogen-bond acceptors (Lipinski definition) is 5. The largest absolute Gasteiger partial charge is 0.495 e. The standard InChI is InChI=1S/C13H22N2O4S/c1-5-19-13(2,3)9-15-20(16,17)12-8-10(14)6-7-11(12)18-4/h6-8,15H,5,9,14H2,1-4H3. The van der Waals surface area contributed by atoms with Gasteiger partial charge in [0.25, 0.3) is 0 Å². The number of nitrogen functional groups attached to an aromatic ring is 1. The topological polar surface area (TPSA) is 90.7 Å². The van der Waals surface area contributed by atoms with E-state index >= 15 is 0 Å². The minimum atomic E-state index is -3.71. The SMILES string of the molecule is CCOC(C)(C)CNS(=O)(=O)c1cc(N)ccc1OC. The zero-order valence-electron chi connectivity index (χ0n) is 12.3. The number of anilines is 1. The first kappa shape index (κ1) is 16.7. The lowest BCUT2D eigenvalue weighted by atomic mass is 10.1. The Hall–Kier alpha value is -1.31. The van der Waals surface area contributed by atoms with Gasteiger partial charge in [-0.2, -0.15) is 0 Å². The van der Waals surface area contributed by atoms with E-state index in [1.165, 1.54) is 19.2 Å². The third kappa shape index (κ3) is 4.36. The predicted molar refractivity (Wildman–Crippen MR) is 78.3 cm³/mol. The third-order valence-corrected chi connectivity index (χ3v) is 4.12. The van der Waals surface area contributed by atoms with Gasteiger partial charge < -0.3 is 15.2 Å². The molecule has 0 bridgehead atoms. The molecule has 0 radical (unpaired) electrons. The first-order chi connectivity index (χ1) is 9.22. The molecule has 0 heterocycles. The fourth-order valence-corrected chi connectivity index (χ4v) is 3.09. The van der Waals surface area contributed by atoms with Gasteiger partial charge in [0, 0.05) is 18.8 Å². The van der Waals surface area contributed by atoms with E-state index in [0.717, 1.165) is 0 Å². The minimum absolute atomic E-state index is 0.0206. The van der Waals surface area contributed by atoms with Crippen molar-refractivity contribution < 1.29 is 17.9 Å². The van der Waals surface area contributed by atoms with E-state index in [-0.39, 0.29) is 17.2 Å². The molecule has 0 spiro atoms. The molecule has 0 saturated heterocycles. The quantitative estimate of drug-likeness (QED) is 0.742. The monoisotopic (exact) mass is 302 g/mol. The van der Waals surface area contributed by atoms with Gasteiger partial charge in [-0.1, -0.05) is 0 Å². The van der Waals surface area contributed by atoms with Gasteiger partial charge in [0.05, 0.1) is 12.7 Å². The molecular formula is C13H22N2O4S. The van der Waals surface area contributed by atoms with Crippen LogP contribution in [0.3, 0.4) is 0 Å². The number of nitrogens with one attached hydrogen (secondary N) is 1. The van der Waals surface area contributed by atoms with Crippen molar-refractivity contribution in [1.29, 1.82) is 0 Å². The molecule has 1 rings (SSSR count). The molecule has 0 aliphatic carbocycles. The van der Waals surface area contributed by atoms with Crippen LogP contribution in [-0.4, -0.2) is 34.3 Å². The van der Waals surface area contributed by atoms with Crippen molar-refractivity contribution in [2.45, 2.75) is 31.3 Å². The van der Waals surface area contributed by atoms with Crippen LogP contribution < -0.4 is 15.2 Å². The van der Waals surface area contributed by atoms with Gasteiger partial charge >= 0.3 is 0 Å². The van der Waals surface area contributed by atoms with Gasteiger partial charge in [0.1, 0.15) is 10.6 Å². The van der Waals surface area contributed by atoms with Crippen LogP contribution in [-0.2, 0) is 14.8 Å². The van der Waals surface area contributed by atoms with Crippen molar-refractivity contribution in [2.24, 2.45) is 0 Å². The van der Waals surface area contributed by atoms with E-state index in [4.69, 9.17) is 15.2 Å². The zero-order valence-corrected chi connectivity index (χ0v) is 13.1. The number of benzene rings is 1. The highest BCUT2D eigenvalue weighted by Gasteiger charge is 2.24. The Labute approximate surface area is 120 Å². The lowest BCUT2D eigenvalue weighted by Crippen LogP contribution is -2.40. The average molecular weight is 302 g/mol. The summed E-state index contributed by atoms with van der Waals surface area (Å²) < 4.78 is 37.7. The number of ether oxygens (including phenoxy) is 2. The van der Waals surface area contributed by atoms with Crippen molar-refractivity contribution in [1.82, 2.24) is 4.72 Å². The first-order valence-corrected chi connectivity index (χ1v) is 7.77. The summed E-state index contributed by atoms with van der Waals surface area (Å²) in [4.78, 5) is 0.0206. The number of hydrogen-bond donors (Lipinski definition) is 2. The Morgan fingerprint density at radius 2 is 2.00 bits per heavy atom. The third-order valence-electron chi connectivity index (χ3n) is 2.70. The normalized spacial score (nSPS) is 12.4. The molecule has 6 nitrogen and oxygen atoms in total. The van der Waals surface area contributed by atoms with Gasteiger partial charge in [-0.25, -0.2) is 13.1 Å². The summed E-state index contributed by atoms with van der Waals surface area (Å²) in [6.45, 7) is 6.15. The fraction of sp³-hybridized carbons (Fsp3) is 0.538. The molecule has 0 aliphatic heterocycles. The second kappa shape index (κ2) is 6.43. The smallest absolute Gasteiger partial charge is 0.244 e. The highest BCUT2D eigenvalue weighted by Crippen LogP contribution is 2.26. The van der Waals surface area contributed by atoms with Crippen LogP contribution in [0.2, 0.25) is 0 Å². The second-order valence-electron chi connectivity index (χ2n) is 4.93. The molecule has 7 heteroatoms. The lowest BCUT2D eigenvalue weighted by Gasteiger charge is -2.25. The maximum Gasteiger partial charge on any atom is 0.244 e. The van der Waals surface area contributed by atoms with Crippen LogP contribution in [0.25, 0.3) is 0 Å². The molecular weight excluding hydrogens is 280 g/mol. The molecule has 3 N–H and O–H groups in total. The summed E-state index contributed by atoms with van der Waals surface area (Å²) in [6, 6.07) is 4.48. The van der Waals surface area contributed by atoms with Crippen LogP contribution >= 0.6 is 0 Å². The number of rotatable bonds is 7. The molecule has 114 valence electrons. The number of methoxy groups -OCH3 is 1. The molecule has 0 amide bonds. The van der Waals surface area contributed by atoms with Crippen LogP contribution in [0.1, 0.15) is 20.8 Å². The Morgan fingerprint density at radius 3 is 2.55 bits per heavy atom. The minimum Gasteiger partial charge on any atom is -0.495 e. The summed E-state index contributed by atoms with van der Waals surface area (Å²) >= 11 is 0. The van der Waals surface area contributed by atoms with Crippen LogP contribution in [0, 0.1) is 0 Å². The van der Waals surface area contributed by atoms with Crippen molar-refractivity contribution >= 4 is 15.7 Å². The molecule has 0 unspecified atom stereocenters. The molecule has 0 atom stereocenters. The van der Waals surface area contributed by atoms with E-state index in [0.29, 0.717) is 12.3 Å². The maximum atomic E-state index is 12.3. The summed E-state index contributed by atoms with van der Waals surface area (Å²) in [5.74, 6) is 0.251. The van der Waals surface area contributed by atoms with E-state index < -0.39 is 15.6 Å². The van der Waals surface area contributed by atoms with Crippen molar-refractivity contribution in [3.05, 3.63) is 18.2 Å². The van der Waals surface area contributed by atoms with Crippen molar-refractivity contribution in [2.75, 3.05) is 26.0 Å². The van der Waals surface area contributed by atoms with Crippen LogP contribution in [0.15, 0.2) is 23.1 Å². The fourth-order valence-electron chi connectivity index (χ4n) is 1.69. The molecule has 0 aliphatic rings. The molecule has 0 saturated carbocycles. The van der Waals surface area contributed by atoms with E-state index in [1.807, 2.05) is 20.8 Å². The Balaban J connectivity index is 2.97. The van der Waals surface area contributed by atoms with Gasteiger partial charge in [0.2, 0.25) is 10.0 Å². The predicted octanol–water partition coefficient (Wildman–Crippen LogP) is 1.37.